The van der Waals surface area contributed by atoms with Gasteiger partial charge in [-0.15, -0.1) is 0 Å². The normalized spacial score (nSPS) is 32.2. The smallest absolute Gasteiger partial charge is 0.248 e. The Morgan fingerprint density at radius 1 is 1.55 bits per heavy atom. The third-order valence-electron chi connectivity index (χ3n) is 2.60. The molecule has 0 spiro atoms. The Balaban J connectivity index is 2.41. The van der Waals surface area contributed by atoms with Gasteiger partial charge in [-0.3, -0.25) is 0 Å². The Morgan fingerprint density at radius 3 is 2.55 bits per heavy atom. The van der Waals surface area contributed by atoms with Gasteiger partial charge in [-0.1, -0.05) is 0 Å². The van der Waals surface area contributed by atoms with E-state index >= 15 is 0 Å². The molecule has 66 valence electrons. The quantitative estimate of drug-likeness (QED) is 0.656. The second kappa shape index (κ2) is 3.05. The van der Waals surface area contributed by atoms with E-state index in [4.69, 9.17) is 0 Å². The van der Waals surface area contributed by atoms with Gasteiger partial charge in [0.1, 0.15) is 0 Å². The number of rotatable bonds is 2. The van der Waals surface area contributed by atoms with Gasteiger partial charge in [0, 0.05) is 18.9 Å². The summed E-state index contributed by atoms with van der Waals surface area (Å²) in [7, 11) is 1.82. The molecule has 1 fully saturated rings. The summed E-state index contributed by atoms with van der Waals surface area (Å²) in [6, 6.07) is 0.225. The molecule has 3 heteroatoms. The van der Waals surface area contributed by atoms with Crippen molar-refractivity contribution in [3.8, 4) is 0 Å². The lowest BCUT2D eigenvalue weighted by atomic mass is 10.00. The molecule has 2 unspecified atom stereocenters. The molecule has 0 aromatic carbocycles. The SMILES string of the molecule is CNC(C)C1CCC(F)(F)C1. The van der Waals surface area contributed by atoms with E-state index in [1.165, 1.54) is 0 Å². The minimum atomic E-state index is -2.39. The number of hydrogen-bond donors (Lipinski definition) is 1. The second-order valence-corrected chi connectivity index (χ2v) is 3.44. The number of hydrogen-bond acceptors (Lipinski definition) is 1. The zero-order chi connectivity index (χ0) is 8.48. The molecule has 1 nitrogen and oxygen atoms in total. The van der Waals surface area contributed by atoms with Crippen LogP contribution >= 0.6 is 0 Å². The van der Waals surface area contributed by atoms with E-state index in [9.17, 15) is 8.78 Å². The Morgan fingerprint density at radius 2 is 2.18 bits per heavy atom. The highest BCUT2D eigenvalue weighted by molar-refractivity contribution is 4.85. The molecule has 0 heterocycles. The van der Waals surface area contributed by atoms with Crippen LogP contribution in [0.25, 0.3) is 0 Å². The van der Waals surface area contributed by atoms with E-state index in [1.807, 2.05) is 14.0 Å². The molecule has 1 aliphatic rings. The molecule has 1 aliphatic carbocycles. The molecule has 1 N–H and O–H groups in total. The maximum Gasteiger partial charge on any atom is 0.248 e. The summed E-state index contributed by atoms with van der Waals surface area (Å²) >= 11 is 0. The first-order chi connectivity index (χ1) is 5.05. The summed E-state index contributed by atoms with van der Waals surface area (Å²) < 4.78 is 25.3. The third-order valence-corrected chi connectivity index (χ3v) is 2.60. The van der Waals surface area contributed by atoms with Gasteiger partial charge in [-0.2, -0.15) is 0 Å². The van der Waals surface area contributed by atoms with Crippen LogP contribution in [0.1, 0.15) is 26.2 Å². The minimum Gasteiger partial charge on any atom is -0.317 e. The average Bonchev–Trinajstić information content (AvgIpc) is 2.29. The first kappa shape index (κ1) is 8.91. The highest BCUT2D eigenvalue weighted by Crippen LogP contribution is 2.40. The van der Waals surface area contributed by atoms with Crippen LogP contribution in [0.15, 0.2) is 0 Å². The fourth-order valence-electron chi connectivity index (χ4n) is 1.65. The lowest BCUT2D eigenvalue weighted by Gasteiger charge is -2.17. The standard InChI is InChI=1S/C8H15F2N/c1-6(11-2)7-3-4-8(9,10)5-7/h6-7,11H,3-5H2,1-2H3. The Labute approximate surface area is 66.2 Å². The molecule has 0 radical (unpaired) electrons. The molecule has 0 aromatic rings. The number of nitrogens with one attached hydrogen (secondary N) is 1. The van der Waals surface area contributed by atoms with Gasteiger partial charge in [0.25, 0.3) is 0 Å². The van der Waals surface area contributed by atoms with Gasteiger partial charge in [0.05, 0.1) is 0 Å². The predicted octanol–water partition coefficient (Wildman–Crippen LogP) is 2.03. The highest BCUT2D eigenvalue weighted by Gasteiger charge is 2.40. The molecular formula is C8H15F2N. The van der Waals surface area contributed by atoms with E-state index in [-0.39, 0.29) is 24.8 Å². The molecule has 0 saturated heterocycles. The van der Waals surface area contributed by atoms with Crippen molar-refractivity contribution in [1.82, 2.24) is 5.32 Å². The van der Waals surface area contributed by atoms with Crippen molar-refractivity contribution in [3.05, 3.63) is 0 Å². The predicted molar refractivity (Wildman–Crippen MR) is 40.8 cm³/mol. The summed E-state index contributed by atoms with van der Waals surface area (Å²) in [6.07, 6.45) is 0.799. The topological polar surface area (TPSA) is 12.0 Å². The summed E-state index contributed by atoms with van der Waals surface area (Å²) in [5, 5.41) is 3.01. The van der Waals surface area contributed by atoms with E-state index in [2.05, 4.69) is 5.32 Å². The van der Waals surface area contributed by atoms with Gasteiger partial charge < -0.3 is 5.32 Å². The van der Waals surface area contributed by atoms with Crippen LogP contribution in [0.2, 0.25) is 0 Å². The Bertz CT molecular complexity index is 136. The van der Waals surface area contributed by atoms with Crippen LogP contribution < -0.4 is 5.32 Å². The van der Waals surface area contributed by atoms with Crippen LogP contribution in [0.4, 0.5) is 8.78 Å². The van der Waals surface area contributed by atoms with Crippen LogP contribution in [-0.2, 0) is 0 Å². The minimum absolute atomic E-state index is 0.0645. The van der Waals surface area contributed by atoms with Crippen molar-refractivity contribution in [3.63, 3.8) is 0 Å². The van der Waals surface area contributed by atoms with Gasteiger partial charge in [0.2, 0.25) is 5.92 Å². The Kier molecular flexibility index (Phi) is 2.47. The lowest BCUT2D eigenvalue weighted by Crippen LogP contribution is -2.29. The highest BCUT2D eigenvalue weighted by atomic mass is 19.3. The van der Waals surface area contributed by atoms with Gasteiger partial charge >= 0.3 is 0 Å². The summed E-state index contributed by atoms with van der Waals surface area (Å²) in [4.78, 5) is 0. The largest absolute Gasteiger partial charge is 0.317 e. The van der Waals surface area contributed by atoms with Crippen molar-refractivity contribution in [1.29, 1.82) is 0 Å². The van der Waals surface area contributed by atoms with Crippen LogP contribution in [0.5, 0.6) is 0 Å². The molecule has 1 rings (SSSR count). The van der Waals surface area contributed by atoms with Crippen LogP contribution in [-0.4, -0.2) is 19.0 Å². The van der Waals surface area contributed by atoms with E-state index in [0.717, 1.165) is 0 Å². The molecule has 0 bridgehead atoms. The van der Waals surface area contributed by atoms with Crippen LogP contribution in [0, 0.1) is 5.92 Å². The molecule has 2 atom stereocenters. The lowest BCUT2D eigenvalue weighted by molar-refractivity contribution is 0.00373. The molecular weight excluding hydrogens is 148 g/mol. The molecule has 0 aliphatic heterocycles. The number of halogens is 2. The zero-order valence-electron chi connectivity index (χ0n) is 7.03. The summed E-state index contributed by atoms with van der Waals surface area (Å²) in [5.74, 6) is -2.23. The van der Waals surface area contributed by atoms with E-state index < -0.39 is 5.92 Å². The van der Waals surface area contributed by atoms with Crippen molar-refractivity contribution < 1.29 is 8.78 Å². The van der Waals surface area contributed by atoms with E-state index in [0.29, 0.717) is 6.42 Å². The van der Waals surface area contributed by atoms with Gasteiger partial charge in [-0.25, -0.2) is 8.78 Å². The van der Waals surface area contributed by atoms with Gasteiger partial charge in [0.15, 0.2) is 0 Å². The first-order valence-corrected chi connectivity index (χ1v) is 4.10. The Hall–Kier alpha value is -0.180. The fourth-order valence-corrected chi connectivity index (χ4v) is 1.65. The van der Waals surface area contributed by atoms with Crippen LogP contribution in [0.3, 0.4) is 0 Å². The third kappa shape index (κ3) is 2.12. The first-order valence-electron chi connectivity index (χ1n) is 4.10. The van der Waals surface area contributed by atoms with Crippen molar-refractivity contribution in [2.45, 2.75) is 38.2 Å². The zero-order valence-corrected chi connectivity index (χ0v) is 7.03. The maximum atomic E-state index is 12.7. The number of alkyl halides is 2. The fraction of sp³-hybridized carbons (Fsp3) is 1.00. The van der Waals surface area contributed by atoms with Crippen molar-refractivity contribution in [2.75, 3.05) is 7.05 Å². The van der Waals surface area contributed by atoms with Crippen molar-refractivity contribution in [2.24, 2.45) is 5.92 Å². The molecule has 1 saturated carbocycles. The average molecular weight is 163 g/mol. The molecule has 11 heavy (non-hydrogen) atoms. The monoisotopic (exact) mass is 163 g/mol. The summed E-state index contributed by atoms with van der Waals surface area (Å²) in [6.45, 7) is 1.96. The molecule has 0 amide bonds. The van der Waals surface area contributed by atoms with E-state index in [1.54, 1.807) is 0 Å². The van der Waals surface area contributed by atoms with Crippen molar-refractivity contribution >= 4 is 0 Å². The summed E-state index contributed by atoms with van der Waals surface area (Å²) in [5.41, 5.74) is 0. The second-order valence-electron chi connectivity index (χ2n) is 3.44. The molecule has 0 aromatic heterocycles. The maximum absolute atomic E-state index is 12.7. The van der Waals surface area contributed by atoms with Gasteiger partial charge in [-0.05, 0) is 26.3 Å².